The molecule has 2 unspecified atom stereocenters. The largest absolute Gasteiger partial charge is 0.508 e. The lowest BCUT2D eigenvalue weighted by Crippen LogP contribution is -2.39. The molecule has 1 saturated heterocycles. The number of hydrazine groups is 1. The molecule has 1 aliphatic heterocycles. The van der Waals surface area contributed by atoms with Crippen molar-refractivity contribution in [3.63, 3.8) is 0 Å². The number of aromatic hydroxyl groups is 1. The van der Waals surface area contributed by atoms with Crippen LogP contribution in [0.2, 0.25) is 0 Å². The van der Waals surface area contributed by atoms with Crippen molar-refractivity contribution in [1.29, 1.82) is 0 Å². The molecule has 0 aromatic heterocycles. The molecule has 23 heavy (non-hydrogen) atoms. The second kappa shape index (κ2) is 6.40. The number of phenols is 1. The van der Waals surface area contributed by atoms with Crippen LogP contribution in [0.15, 0.2) is 42.5 Å². The third-order valence-electron chi connectivity index (χ3n) is 4.06. The lowest BCUT2D eigenvalue weighted by atomic mass is 9.99. The van der Waals surface area contributed by atoms with Gasteiger partial charge in [0.05, 0.1) is 6.04 Å². The van der Waals surface area contributed by atoms with Crippen LogP contribution in [0.3, 0.4) is 0 Å². The molecule has 1 fully saturated rings. The second-order valence-corrected chi connectivity index (χ2v) is 6.05. The number of phenolic OH excluding ortho intramolecular Hbond substituents is 1. The predicted molar refractivity (Wildman–Crippen MR) is 90.1 cm³/mol. The first kappa shape index (κ1) is 15.5. The zero-order chi connectivity index (χ0) is 16.4. The Kier molecular flexibility index (Phi) is 4.32. The second-order valence-electron chi connectivity index (χ2n) is 6.05. The molecule has 4 N–H and O–H groups in total. The summed E-state index contributed by atoms with van der Waals surface area (Å²) in [6.07, 6.45) is 0.578. The van der Waals surface area contributed by atoms with Crippen LogP contribution in [0.4, 0.5) is 5.69 Å². The number of carbonyl (C=O) groups excluding carboxylic acids is 1. The molecule has 120 valence electrons. The van der Waals surface area contributed by atoms with E-state index in [-0.39, 0.29) is 23.7 Å². The van der Waals surface area contributed by atoms with E-state index in [2.05, 4.69) is 16.2 Å². The van der Waals surface area contributed by atoms with Gasteiger partial charge in [0.1, 0.15) is 11.8 Å². The van der Waals surface area contributed by atoms with Gasteiger partial charge in [0, 0.05) is 11.3 Å². The molecular formula is C18H21N3O2. The smallest absolute Gasteiger partial charge is 0.242 e. The molecule has 2 aromatic rings. The number of amides is 1. The van der Waals surface area contributed by atoms with E-state index in [0.717, 1.165) is 22.4 Å². The monoisotopic (exact) mass is 311 g/mol. The van der Waals surface area contributed by atoms with E-state index in [4.69, 9.17) is 0 Å². The summed E-state index contributed by atoms with van der Waals surface area (Å²) < 4.78 is 0. The Hall–Kier alpha value is -2.37. The van der Waals surface area contributed by atoms with Gasteiger partial charge in [-0.05, 0) is 44.0 Å². The van der Waals surface area contributed by atoms with Crippen molar-refractivity contribution >= 4 is 11.6 Å². The summed E-state index contributed by atoms with van der Waals surface area (Å²) in [6.45, 7) is 3.97. The third kappa shape index (κ3) is 3.52. The Labute approximate surface area is 135 Å². The molecule has 0 aliphatic carbocycles. The van der Waals surface area contributed by atoms with Crippen molar-refractivity contribution in [2.45, 2.75) is 32.4 Å². The third-order valence-corrected chi connectivity index (χ3v) is 4.06. The molecule has 0 bridgehead atoms. The van der Waals surface area contributed by atoms with Crippen molar-refractivity contribution < 1.29 is 9.90 Å². The van der Waals surface area contributed by atoms with Gasteiger partial charge < -0.3 is 10.4 Å². The van der Waals surface area contributed by atoms with E-state index >= 15 is 0 Å². The Morgan fingerprint density at radius 2 is 1.91 bits per heavy atom. The maximum absolute atomic E-state index is 12.4. The quantitative estimate of drug-likeness (QED) is 0.703. The molecule has 0 radical (unpaired) electrons. The topological polar surface area (TPSA) is 73.4 Å². The molecule has 3 rings (SSSR count). The number of anilines is 1. The minimum Gasteiger partial charge on any atom is -0.508 e. The highest BCUT2D eigenvalue weighted by Gasteiger charge is 2.31. The van der Waals surface area contributed by atoms with Crippen LogP contribution in [-0.2, 0) is 4.79 Å². The minimum atomic E-state index is -0.347. The average molecular weight is 311 g/mol. The van der Waals surface area contributed by atoms with Gasteiger partial charge in [0.25, 0.3) is 0 Å². The predicted octanol–water partition coefficient (Wildman–Crippen LogP) is 2.56. The van der Waals surface area contributed by atoms with Gasteiger partial charge in [0.15, 0.2) is 0 Å². The lowest BCUT2D eigenvalue weighted by Gasteiger charge is -2.13. The molecule has 1 heterocycles. The number of carbonyl (C=O) groups is 1. The molecule has 1 amide bonds. The lowest BCUT2D eigenvalue weighted by molar-refractivity contribution is -0.117. The number of aryl methyl sites for hydroxylation is 2. The van der Waals surface area contributed by atoms with Crippen LogP contribution >= 0.6 is 0 Å². The van der Waals surface area contributed by atoms with E-state index in [1.165, 1.54) is 0 Å². The van der Waals surface area contributed by atoms with Crippen LogP contribution < -0.4 is 16.2 Å². The van der Waals surface area contributed by atoms with Crippen molar-refractivity contribution in [3.05, 3.63) is 59.2 Å². The zero-order valence-corrected chi connectivity index (χ0v) is 13.3. The van der Waals surface area contributed by atoms with Gasteiger partial charge in [-0.1, -0.05) is 29.8 Å². The highest BCUT2D eigenvalue weighted by atomic mass is 16.3. The molecule has 5 heteroatoms. The van der Waals surface area contributed by atoms with Crippen LogP contribution in [0.1, 0.15) is 29.2 Å². The Bertz CT molecular complexity index is 730. The van der Waals surface area contributed by atoms with Gasteiger partial charge in [-0.2, -0.15) is 0 Å². The number of benzene rings is 2. The molecular weight excluding hydrogens is 290 g/mol. The summed E-state index contributed by atoms with van der Waals surface area (Å²) in [6, 6.07) is 12.8. The Morgan fingerprint density at radius 3 is 2.70 bits per heavy atom. The first-order valence-corrected chi connectivity index (χ1v) is 7.71. The number of hydrogen-bond acceptors (Lipinski definition) is 4. The highest BCUT2D eigenvalue weighted by molar-refractivity contribution is 5.95. The summed E-state index contributed by atoms with van der Waals surface area (Å²) in [5, 5.41) is 12.9. The summed E-state index contributed by atoms with van der Waals surface area (Å²) in [5.41, 5.74) is 9.89. The van der Waals surface area contributed by atoms with Gasteiger partial charge >= 0.3 is 0 Å². The molecule has 1 aliphatic rings. The number of rotatable bonds is 3. The van der Waals surface area contributed by atoms with E-state index in [0.29, 0.717) is 6.42 Å². The molecule has 5 nitrogen and oxygen atoms in total. The number of hydrogen-bond donors (Lipinski definition) is 4. The highest BCUT2D eigenvalue weighted by Crippen LogP contribution is 2.30. The SMILES string of the molecule is Cc1cccc(NC(=O)C2CC(c3cc(C)ccc3O)NN2)c1. The maximum Gasteiger partial charge on any atom is 0.242 e. The van der Waals surface area contributed by atoms with Crippen LogP contribution in [0, 0.1) is 13.8 Å². The van der Waals surface area contributed by atoms with Crippen molar-refractivity contribution in [2.75, 3.05) is 5.32 Å². The van der Waals surface area contributed by atoms with Gasteiger partial charge in [-0.15, -0.1) is 0 Å². The number of nitrogens with one attached hydrogen (secondary N) is 3. The van der Waals surface area contributed by atoms with Gasteiger partial charge in [0.2, 0.25) is 5.91 Å². The van der Waals surface area contributed by atoms with Crippen LogP contribution in [0.25, 0.3) is 0 Å². The fourth-order valence-corrected chi connectivity index (χ4v) is 2.84. The Morgan fingerprint density at radius 1 is 1.13 bits per heavy atom. The summed E-state index contributed by atoms with van der Waals surface area (Å²) >= 11 is 0. The molecule has 2 aromatic carbocycles. The average Bonchev–Trinajstić information content (AvgIpc) is 2.99. The fourth-order valence-electron chi connectivity index (χ4n) is 2.84. The van der Waals surface area contributed by atoms with Crippen LogP contribution in [-0.4, -0.2) is 17.1 Å². The van der Waals surface area contributed by atoms with E-state index < -0.39 is 0 Å². The van der Waals surface area contributed by atoms with Crippen LogP contribution in [0.5, 0.6) is 5.75 Å². The van der Waals surface area contributed by atoms with E-state index in [1.807, 2.05) is 50.2 Å². The molecule has 0 spiro atoms. The Balaban J connectivity index is 1.67. The van der Waals surface area contributed by atoms with Gasteiger partial charge in [-0.25, -0.2) is 10.9 Å². The summed E-state index contributed by atoms with van der Waals surface area (Å²) in [7, 11) is 0. The molecule has 0 saturated carbocycles. The first-order chi connectivity index (χ1) is 11.0. The van der Waals surface area contributed by atoms with E-state index in [9.17, 15) is 9.90 Å². The minimum absolute atomic E-state index is 0.0854. The van der Waals surface area contributed by atoms with Crippen molar-refractivity contribution in [1.82, 2.24) is 10.9 Å². The maximum atomic E-state index is 12.4. The van der Waals surface area contributed by atoms with Crippen molar-refractivity contribution in [3.8, 4) is 5.75 Å². The van der Waals surface area contributed by atoms with Crippen molar-refractivity contribution in [2.24, 2.45) is 0 Å². The zero-order valence-electron chi connectivity index (χ0n) is 13.3. The summed E-state index contributed by atoms with van der Waals surface area (Å²) in [5.74, 6) is 0.160. The fraction of sp³-hybridized carbons (Fsp3) is 0.278. The van der Waals surface area contributed by atoms with E-state index in [1.54, 1.807) is 6.07 Å². The standard InChI is InChI=1S/C18H21N3O2/c1-11-4-3-5-13(8-11)19-18(23)16-10-15(20-21-16)14-9-12(2)6-7-17(14)22/h3-9,15-16,20-22H,10H2,1-2H3,(H,19,23). The molecule has 2 atom stereocenters. The van der Waals surface area contributed by atoms with Gasteiger partial charge in [-0.3, -0.25) is 4.79 Å². The first-order valence-electron chi connectivity index (χ1n) is 7.71. The summed E-state index contributed by atoms with van der Waals surface area (Å²) in [4.78, 5) is 12.4. The normalized spacial score (nSPS) is 20.4.